The molecule has 3 amide bonds. The Morgan fingerprint density at radius 3 is 2.05 bits per heavy atom. The van der Waals surface area contributed by atoms with Gasteiger partial charge in [0.25, 0.3) is 11.8 Å². The first-order valence-corrected chi connectivity index (χ1v) is 14.0. The van der Waals surface area contributed by atoms with Crippen molar-refractivity contribution in [3.8, 4) is 0 Å². The molecule has 1 N–H and O–H groups in total. The average Bonchev–Trinajstić information content (AvgIpc) is 3.02. The molecule has 0 radical (unpaired) electrons. The Morgan fingerprint density at radius 2 is 1.40 bits per heavy atom. The van der Waals surface area contributed by atoms with Crippen LogP contribution >= 0.6 is 0 Å². The van der Waals surface area contributed by atoms with Crippen molar-refractivity contribution in [1.82, 2.24) is 9.80 Å². The number of nitrogens with one attached hydrogen (secondary N) is 1. The molecule has 8 heteroatoms. The van der Waals surface area contributed by atoms with Crippen LogP contribution in [0, 0.1) is 12.7 Å². The van der Waals surface area contributed by atoms with E-state index in [0.29, 0.717) is 43.0 Å². The summed E-state index contributed by atoms with van der Waals surface area (Å²) < 4.78 is 13.4. The highest BCUT2D eigenvalue weighted by Gasteiger charge is 2.23. The van der Waals surface area contributed by atoms with Crippen molar-refractivity contribution in [1.29, 1.82) is 0 Å². The number of hydrogen-bond donors (Lipinski definition) is 1. The van der Waals surface area contributed by atoms with Gasteiger partial charge in [-0.15, -0.1) is 0 Å². The summed E-state index contributed by atoms with van der Waals surface area (Å²) in [6.07, 6.45) is 0. The van der Waals surface area contributed by atoms with Gasteiger partial charge in [0.15, 0.2) is 0 Å². The standard InChI is InChI=1S/C34H33FN4O3/c1-25-7-11-28(12-8-25)33(41)38-21-19-37(20-22-38)31-17-15-30(16-18-31)36-32(40)24-39(23-26-9-13-29(35)14-10-26)34(42)27-5-3-2-4-6-27/h2-18H,19-24H2,1H3,(H,36,40). The van der Waals surface area contributed by atoms with Gasteiger partial charge in [-0.3, -0.25) is 14.4 Å². The van der Waals surface area contributed by atoms with Crippen LogP contribution in [0.3, 0.4) is 0 Å². The molecule has 1 saturated heterocycles. The van der Waals surface area contributed by atoms with Crippen molar-refractivity contribution in [3.63, 3.8) is 0 Å². The zero-order valence-corrected chi connectivity index (χ0v) is 23.5. The molecule has 0 unspecified atom stereocenters. The zero-order chi connectivity index (χ0) is 29.5. The Balaban J connectivity index is 1.18. The van der Waals surface area contributed by atoms with E-state index in [4.69, 9.17) is 0 Å². The van der Waals surface area contributed by atoms with Crippen LogP contribution in [0.5, 0.6) is 0 Å². The number of aryl methyl sites for hydroxylation is 1. The van der Waals surface area contributed by atoms with Gasteiger partial charge in [0, 0.05) is 55.2 Å². The lowest BCUT2D eigenvalue weighted by molar-refractivity contribution is -0.117. The second-order valence-electron chi connectivity index (χ2n) is 10.4. The number of amides is 3. The summed E-state index contributed by atoms with van der Waals surface area (Å²) in [5.74, 6) is -0.937. The van der Waals surface area contributed by atoms with Gasteiger partial charge in [-0.1, -0.05) is 48.0 Å². The smallest absolute Gasteiger partial charge is 0.254 e. The van der Waals surface area contributed by atoms with E-state index in [-0.39, 0.29) is 36.6 Å². The highest BCUT2D eigenvalue weighted by atomic mass is 19.1. The third-order valence-corrected chi connectivity index (χ3v) is 7.31. The Bertz CT molecular complexity index is 1520. The first-order chi connectivity index (χ1) is 20.4. The molecule has 1 aliphatic rings. The van der Waals surface area contributed by atoms with Crippen LogP contribution in [0.25, 0.3) is 0 Å². The van der Waals surface area contributed by atoms with Gasteiger partial charge >= 0.3 is 0 Å². The number of nitrogens with zero attached hydrogens (tertiary/aromatic N) is 3. The minimum atomic E-state index is -0.363. The molecule has 214 valence electrons. The highest BCUT2D eigenvalue weighted by molar-refractivity contribution is 5.99. The van der Waals surface area contributed by atoms with Crippen molar-refractivity contribution in [3.05, 3.63) is 131 Å². The topological polar surface area (TPSA) is 73.0 Å². The van der Waals surface area contributed by atoms with Gasteiger partial charge in [-0.2, -0.15) is 0 Å². The van der Waals surface area contributed by atoms with Gasteiger partial charge in [0.2, 0.25) is 5.91 Å². The zero-order valence-electron chi connectivity index (χ0n) is 23.5. The predicted molar refractivity (Wildman–Crippen MR) is 162 cm³/mol. The molecule has 0 aliphatic carbocycles. The fourth-order valence-electron chi connectivity index (χ4n) is 4.95. The largest absolute Gasteiger partial charge is 0.368 e. The monoisotopic (exact) mass is 564 g/mol. The van der Waals surface area contributed by atoms with E-state index in [0.717, 1.165) is 16.8 Å². The minimum absolute atomic E-state index is 0.0481. The summed E-state index contributed by atoms with van der Waals surface area (Å²) in [6, 6.07) is 29.9. The Labute approximate surface area is 245 Å². The molecule has 4 aromatic carbocycles. The highest BCUT2D eigenvalue weighted by Crippen LogP contribution is 2.21. The maximum Gasteiger partial charge on any atom is 0.254 e. The Hall–Kier alpha value is -4.98. The Morgan fingerprint density at radius 1 is 0.762 bits per heavy atom. The van der Waals surface area contributed by atoms with Gasteiger partial charge in [0.1, 0.15) is 12.4 Å². The van der Waals surface area contributed by atoms with Crippen LogP contribution in [0.15, 0.2) is 103 Å². The summed E-state index contributed by atoms with van der Waals surface area (Å²) >= 11 is 0. The molecule has 0 bridgehead atoms. The molecule has 0 atom stereocenters. The van der Waals surface area contributed by atoms with E-state index in [2.05, 4.69) is 10.2 Å². The summed E-state index contributed by atoms with van der Waals surface area (Å²) in [5.41, 5.74) is 4.64. The van der Waals surface area contributed by atoms with E-state index in [1.807, 2.05) is 66.4 Å². The summed E-state index contributed by atoms with van der Waals surface area (Å²) in [7, 11) is 0. The lowest BCUT2D eigenvalue weighted by Gasteiger charge is -2.36. The van der Waals surface area contributed by atoms with Crippen LogP contribution in [0.4, 0.5) is 15.8 Å². The van der Waals surface area contributed by atoms with E-state index >= 15 is 0 Å². The van der Waals surface area contributed by atoms with Crippen molar-refractivity contribution >= 4 is 29.1 Å². The number of halogens is 1. The molecule has 0 spiro atoms. The molecule has 1 fully saturated rings. The normalized spacial score (nSPS) is 13.0. The number of hydrogen-bond acceptors (Lipinski definition) is 4. The number of carbonyl (C=O) groups is 3. The molecule has 7 nitrogen and oxygen atoms in total. The average molecular weight is 565 g/mol. The fourth-order valence-corrected chi connectivity index (χ4v) is 4.95. The van der Waals surface area contributed by atoms with Crippen molar-refractivity contribution < 1.29 is 18.8 Å². The molecule has 42 heavy (non-hydrogen) atoms. The first-order valence-electron chi connectivity index (χ1n) is 14.0. The Kier molecular flexibility index (Phi) is 8.92. The van der Waals surface area contributed by atoms with E-state index in [9.17, 15) is 18.8 Å². The quantitative estimate of drug-likeness (QED) is 0.312. The van der Waals surface area contributed by atoms with Crippen molar-refractivity contribution in [2.45, 2.75) is 13.5 Å². The molecule has 5 rings (SSSR count). The molecule has 4 aromatic rings. The molecule has 0 saturated carbocycles. The maximum atomic E-state index is 13.4. The van der Waals surface area contributed by atoms with Gasteiger partial charge < -0.3 is 20.0 Å². The van der Waals surface area contributed by atoms with Crippen LogP contribution in [0.1, 0.15) is 31.8 Å². The summed E-state index contributed by atoms with van der Waals surface area (Å²) in [6.45, 7) is 4.69. The summed E-state index contributed by atoms with van der Waals surface area (Å²) in [5, 5.41) is 2.88. The van der Waals surface area contributed by atoms with Crippen LogP contribution < -0.4 is 10.2 Å². The number of benzene rings is 4. The van der Waals surface area contributed by atoms with Crippen molar-refractivity contribution in [2.24, 2.45) is 0 Å². The number of carbonyl (C=O) groups excluding carboxylic acids is 3. The fraction of sp³-hybridized carbons (Fsp3) is 0.206. The SMILES string of the molecule is Cc1ccc(C(=O)N2CCN(c3ccc(NC(=O)CN(Cc4ccc(F)cc4)C(=O)c4ccccc4)cc3)CC2)cc1. The van der Waals surface area contributed by atoms with Crippen LogP contribution in [-0.2, 0) is 11.3 Å². The van der Waals surface area contributed by atoms with Crippen LogP contribution in [0.2, 0.25) is 0 Å². The lowest BCUT2D eigenvalue weighted by Crippen LogP contribution is -2.48. The van der Waals surface area contributed by atoms with Crippen LogP contribution in [-0.4, -0.2) is 60.2 Å². The molecule has 0 aromatic heterocycles. The molecule has 1 aliphatic heterocycles. The number of anilines is 2. The second-order valence-corrected chi connectivity index (χ2v) is 10.4. The maximum absolute atomic E-state index is 13.4. The lowest BCUT2D eigenvalue weighted by atomic mass is 10.1. The summed E-state index contributed by atoms with van der Waals surface area (Å²) in [4.78, 5) is 44.6. The van der Waals surface area contributed by atoms with E-state index < -0.39 is 0 Å². The van der Waals surface area contributed by atoms with Gasteiger partial charge in [-0.25, -0.2) is 4.39 Å². The molecular formula is C34H33FN4O3. The molecular weight excluding hydrogens is 531 g/mol. The van der Waals surface area contributed by atoms with Crippen molar-refractivity contribution in [2.75, 3.05) is 42.9 Å². The number of rotatable bonds is 8. The molecule has 1 heterocycles. The van der Waals surface area contributed by atoms with E-state index in [1.165, 1.54) is 17.0 Å². The predicted octanol–water partition coefficient (Wildman–Crippen LogP) is 5.38. The van der Waals surface area contributed by atoms with Gasteiger partial charge in [0.05, 0.1) is 0 Å². The first kappa shape index (κ1) is 28.5. The number of piperazine rings is 1. The van der Waals surface area contributed by atoms with Gasteiger partial charge in [-0.05, 0) is 73.2 Å². The minimum Gasteiger partial charge on any atom is -0.368 e. The second kappa shape index (κ2) is 13.1. The third-order valence-electron chi connectivity index (χ3n) is 7.31. The van der Waals surface area contributed by atoms with E-state index in [1.54, 1.807) is 36.4 Å². The third kappa shape index (κ3) is 7.20.